The zero-order valence-corrected chi connectivity index (χ0v) is 47.5. The molecule has 4 nitrogen and oxygen atoms in total. The molecule has 0 amide bonds. The third-order valence-corrected chi connectivity index (χ3v) is 19.4. The van der Waals surface area contributed by atoms with Crippen molar-refractivity contribution < 1.29 is 31.0 Å². The Labute approximate surface area is 471 Å². The minimum Gasteiger partial charge on any atom is -1.00 e. The molecule has 0 saturated heterocycles. The third kappa shape index (κ3) is 15.5. The first-order valence-corrected chi connectivity index (χ1v) is 28.9. The normalized spacial score (nSPS) is 17.6. The zero-order valence-electron chi connectivity index (χ0n) is 44.7. The maximum absolute atomic E-state index is 5.17. The van der Waals surface area contributed by atoms with Crippen LogP contribution in [0.4, 0.5) is 0 Å². The van der Waals surface area contributed by atoms with E-state index in [0.29, 0.717) is 12.1 Å². The molecule has 0 bridgehead atoms. The Hall–Kier alpha value is -5.06. The predicted octanol–water partition coefficient (Wildman–Crippen LogP) is 9.28. The van der Waals surface area contributed by atoms with Gasteiger partial charge in [-0.2, -0.15) is 0 Å². The number of nitrogens with zero attached hydrogens (tertiary/aromatic N) is 2. The maximum Gasteiger partial charge on any atom is 1.00 e. The van der Waals surface area contributed by atoms with Crippen molar-refractivity contribution in [3.63, 3.8) is 0 Å². The largest absolute Gasteiger partial charge is 1.00 e. The van der Waals surface area contributed by atoms with Gasteiger partial charge in [-0.1, -0.05) is 244 Å². The van der Waals surface area contributed by atoms with Crippen molar-refractivity contribution in [2.75, 3.05) is 0 Å². The van der Waals surface area contributed by atoms with Crippen LogP contribution >= 0.6 is 15.8 Å². The molecule has 2 fully saturated rings. The Balaban J connectivity index is 0.000000234. The van der Waals surface area contributed by atoms with E-state index in [1.54, 1.807) is 0 Å². The quantitative estimate of drug-likeness (QED) is 0.0577. The summed E-state index contributed by atoms with van der Waals surface area (Å²) in [6.45, 7) is 6.20. The van der Waals surface area contributed by atoms with Crippen LogP contribution in [0.15, 0.2) is 228 Å². The molecule has 0 heterocycles. The van der Waals surface area contributed by atoms with Crippen LogP contribution in [-0.2, 0) is 13.1 Å². The summed E-state index contributed by atoms with van der Waals surface area (Å²) in [6, 6.07) is 80.3. The van der Waals surface area contributed by atoms with Crippen LogP contribution < -0.4 is 72.0 Å². The molecule has 4 unspecified atom stereocenters. The summed E-state index contributed by atoms with van der Waals surface area (Å²) in [5.41, 5.74) is 7.87. The van der Waals surface area contributed by atoms with Crippen LogP contribution in [0.1, 0.15) is 86.2 Å². The summed E-state index contributed by atoms with van der Waals surface area (Å²) in [5.74, 6) is 0. The van der Waals surface area contributed by atoms with Crippen molar-refractivity contribution >= 4 is 68.5 Å². The fraction of sp³-hybridized carbons (Fsp3) is 0.242. The van der Waals surface area contributed by atoms with Crippen molar-refractivity contribution in [3.8, 4) is 0 Å². The monoisotopic (exact) mass is 1020 g/mol. The Kier molecular flexibility index (Phi) is 22.9. The summed E-state index contributed by atoms with van der Waals surface area (Å²) in [4.78, 5) is 10.2. The minimum atomic E-state index is -0.668. The molecule has 2 aliphatic rings. The van der Waals surface area contributed by atoms with Gasteiger partial charge in [-0.05, 0) is 115 Å². The van der Waals surface area contributed by atoms with Gasteiger partial charge in [0.05, 0.1) is 12.1 Å². The molecule has 0 spiro atoms. The summed E-state index contributed by atoms with van der Waals surface area (Å²) in [6.07, 6.45) is 13.9. The first-order chi connectivity index (χ1) is 35.6. The molecule has 2 aliphatic carbocycles. The molecule has 8 heteroatoms. The van der Waals surface area contributed by atoms with E-state index in [1.165, 1.54) is 104 Å². The minimum absolute atomic E-state index is 0. The molecular weight excluding hydrogens is 945 g/mol. The van der Waals surface area contributed by atoms with E-state index in [-0.39, 0.29) is 51.5 Å². The number of hydrogen-bond donors (Lipinski definition) is 2. The number of aliphatic imine (C=N–C) groups is 2. The average Bonchev–Trinajstić information content (AvgIpc) is 3.44. The molecule has 3 radical (unpaired) electrons. The van der Waals surface area contributed by atoms with Crippen LogP contribution in [0.3, 0.4) is 0 Å². The Morgan fingerprint density at radius 1 is 0.405 bits per heavy atom. The molecule has 2 saturated carbocycles. The van der Waals surface area contributed by atoms with Gasteiger partial charge in [-0.25, -0.2) is 0 Å². The summed E-state index contributed by atoms with van der Waals surface area (Å²) < 4.78 is 0. The number of nitrogens with one attached hydrogen (secondary N) is 2. The van der Waals surface area contributed by atoms with Crippen molar-refractivity contribution in [2.24, 2.45) is 9.98 Å². The molecule has 0 aromatic heterocycles. The van der Waals surface area contributed by atoms with Crippen LogP contribution in [0.25, 0.3) is 0 Å². The van der Waals surface area contributed by atoms with Crippen molar-refractivity contribution in [2.45, 2.75) is 102 Å². The van der Waals surface area contributed by atoms with Crippen LogP contribution in [0.5, 0.6) is 0 Å². The molecule has 8 aromatic carbocycles. The fourth-order valence-corrected chi connectivity index (χ4v) is 15.2. The number of hydrogen-bond acceptors (Lipinski definition) is 4. The molecule has 74 heavy (non-hydrogen) atoms. The maximum atomic E-state index is 5.17. The molecular formula is C66H71BN4NaP2. The summed E-state index contributed by atoms with van der Waals surface area (Å²) in [7, 11) is -1.27. The molecule has 2 N–H and O–H groups in total. The van der Waals surface area contributed by atoms with Crippen LogP contribution in [-0.4, -0.2) is 45.0 Å². The number of aryl methyl sites for hydroxylation is 2. The standard InChI is InChI=1S/C33H37N2P.C33H33N2P.B.Na.H/c2*1-26-14-8-9-15-27(26)24-34-31-21-11-12-22-32(31)35-25-28-16-10-13-23-33(28)36(29-17-4-2-5-18-29)30-19-6-3-7-20-30;;;/h2-10,13-20,23,31-32,34-35H,11-12,21-22,24-25H2,1H3;2-10,13-20,23-25,31-32H,11-12,21-22H2,1H3;;;/q;;;+1;-1. The van der Waals surface area contributed by atoms with E-state index in [4.69, 9.17) is 9.98 Å². The second-order valence-corrected chi connectivity index (χ2v) is 23.6. The molecule has 369 valence electrons. The van der Waals surface area contributed by atoms with Crippen molar-refractivity contribution in [3.05, 3.63) is 252 Å². The van der Waals surface area contributed by atoms with Crippen molar-refractivity contribution in [1.29, 1.82) is 0 Å². The van der Waals surface area contributed by atoms with Crippen LogP contribution in [0, 0.1) is 13.8 Å². The Bertz CT molecular complexity index is 2890. The smallest absolute Gasteiger partial charge is 1.00 e. The first-order valence-electron chi connectivity index (χ1n) is 26.2. The van der Waals surface area contributed by atoms with Gasteiger partial charge in [-0.15, -0.1) is 0 Å². The van der Waals surface area contributed by atoms with E-state index < -0.39 is 15.8 Å². The second-order valence-electron chi connectivity index (χ2n) is 19.2. The van der Waals surface area contributed by atoms with E-state index in [1.807, 2.05) is 0 Å². The third-order valence-electron chi connectivity index (χ3n) is 14.3. The average molecular weight is 1020 g/mol. The van der Waals surface area contributed by atoms with Gasteiger partial charge < -0.3 is 12.1 Å². The van der Waals surface area contributed by atoms with E-state index in [2.05, 4.69) is 255 Å². The summed E-state index contributed by atoms with van der Waals surface area (Å²) >= 11 is 0. The van der Waals surface area contributed by atoms with Crippen molar-refractivity contribution in [1.82, 2.24) is 10.6 Å². The SMILES string of the molecule is Cc1ccccc1C=NC1CCCCC1N=Cc1ccccc1P(c1ccccc1)c1ccccc1.Cc1ccccc1CNC1CCCCC1NCc1ccccc1P(c1ccccc1)c1ccccc1.[B].[H-].[Na+]. The predicted molar refractivity (Wildman–Crippen MR) is 320 cm³/mol. The first kappa shape index (κ1) is 56.7. The van der Waals surface area contributed by atoms with Crippen LogP contribution in [0.2, 0.25) is 0 Å². The second kappa shape index (κ2) is 29.9. The molecule has 0 aliphatic heterocycles. The van der Waals surface area contributed by atoms with Gasteiger partial charge in [0.2, 0.25) is 0 Å². The fourth-order valence-electron chi connectivity index (χ4n) is 10.3. The van der Waals surface area contributed by atoms with Gasteiger partial charge in [0, 0.05) is 51.6 Å². The molecule has 10 rings (SSSR count). The number of benzene rings is 8. The Morgan fingerprint density at radius 3 is 1.24 bits per heavy atom. The van der Waals surface area contributed by atoms with Gasteiger partial charge >= 0.3 is 29.6 Å². The topological polar surface area (TPSA) is 48.8 Å². The number of rotatable bonds is 16. The van der Waals surface area contributed by atoms with Gasteiger partial charge in [0.15, 0.2) is 0 Å². The van der Waals surface area contributed by atoms with Gasteiger partial charge in [0.25, 0.3) is 0 Å². The van der Waals surface area contributed by atoms with E-state index in [0.717, 1.165) is 25.9 Å². The summed E-state index contributed by atoms with van der Waals surface area (Å²) in [5, 5.41) is 16.2. The van der Waals surface area contributed by atoms with E-state index >= 15 is 0 Å². The van der Waals surface area contributed by atoms with Gasteiger partial charge in [0.1, 0.15) is 0 Å². The van der Waals surface area contributed by atoms with Gasteiger partial charge in [-0.3, -0.25) is 9.98 Å². The molecule has 8 aromatic rings. The van der Waals surface area contributed by atoms with E-state index in [9.17, 15) is 0 Å². The zero-order chi connectivity index (χ0) is 49.2. The Morgan fingerprint density at radius 2 is 0.757 bits per heavy atom. The molecule has 4 atom stereocenters.